The van der Waals surface area contributed by atoms with Crippen LogP contribution in [0.15, 0.2) is 70.9 Å². The van der Waals surface area contributed by atoms with Gasteiger partial charge >= 0.3 is 0 Å². The molecule has 0 N–H and O–H groups in total. The van der Waals surface area contributed by atoms with E-state index in [0.29, 0.717) is 24.5 Å². The number of benzene rings is 2. The lowest BCUT2D eigenvalue weighted by atomic mass is 10.2. The SMILES string of the molecule is CN(CCN1C(=O)C=CC1=O)c1ccc(N=Nc2ccc([N+](=O)[O-])cc2)cc1. The number of non-ortho nitro benzene ring substituents is 1. The highest BCUT2D eigenvalue weighted by molar-refractivity contribution is 6.12. The first-order chi connectivity index (χ1) is 13.4. The van der Waals surface area contributed by atoms with Gasteiger partial charge in [-0.3, -0.25) is 24.6 Å². The number of anilines is 1. The molecule has 28 heavy (non-hydrogen) atoms. The van der Waals surface area contributed by atoms with Gasteiger partial charge in [0.2, 0.25) is 0 Å². The summed E-state index contributed by atoms with van der Waals surface area (Å²) in [5, 5.41) is 18.8. The molecule has 0 radical (unpaired) electrons. The summed E-state index contributed by atoms with van der Waals surface area (Å²) in [5.41, 5.74) is 2.05. The highest BCUT2D eigenvalue weighted by Crippen LogP contribution is 2.23. The fourth-order valence-corrected chi connectivity index (χ4v) is 2.56. The Hall–Kier alpha value is -3.88. The molecule has 0 spiro atoms. The minimum Gasteiger partial charge on any atom is -0.373 e. The fraction of sp³-hybridized carbons (Fsp3) is 0.158. The Kier molecular flexibility index (Phi) is 5.54. The van der Waals surface area contributed by atoms with E-state index in [2.05, 4.69) is 10.2 Å². The highest BCUT2D eigenvalue weighted by Gasteiger charge is 2.23. The maximum atomic E-state index is 11.6. The zero-order chi connectivity index (χ0) is 20.1. The van der Waals surface area contributed by atoms with Crippen LogP contribution in [-0.2, 0) is 9.59 Å². The number of azo groups is 1. The normalized spacial score (nSPS) is 13.5. The second kappa shape index (κ2) is 8.21. The summed E-state index contributed by atoms with van der Waals surface area (Å²) in [7, 11) is 1.87. The Bertz CT molecular complexity index is 933. The van der Waals surface area contributed by atoms with Crippen molar-refractivity contribution >= 4 is 34.6 Å². The molecule has 1 aliphatic rings. The standard InChI is InChI=1S/C19H17N5O4/c1-22(12-13-23-18(25)10-11-19(23)26)16-6-2-14(3-7-16)20-21-15-4-8-17(9-5-15)24(27)28/h2-11H,12-13H2,1H3. The van der Waals surface area contributed by atoms with Crippen molar-refractivity contribution in [1.82, 2.24) is 4.90 Å². The minimum atomic E-state index is -0.470. The van der Waals surface area contributed by atoms with Gasteiger partial charge in [-0.15, -0.1) is 0 Å². The molecule has 2 amide bonds. The van der Waals surface area contributed by atoms with Gasteiger partial charge < -0.3 is 4.90 Å². The van der Waals surface area contributed by atoms with Crippen LogP contribution >= 0.6 is 0 Å². The molecule has 0 fully saturated rings. The van der Waals surface area contributed by atoms with Gasteiger partial charge in [0.05, 0.1) is 16.3 Å². The molecule has 0 aliphatic carbocycles. The summed E-state index contributed by atoms with van der Waals surface area (Å²) in [6, 6.07) is 13.1. The summed E-state index contributed by atoms with van der Waals surface area (Å²) in [6.45, 7) is 0.811. The third-order valence-corrected chi connectivity index (χ3v) is 4.19. The predicted octanol–water partition coefficient (Wildman–Crippen LogP) is 3.37. The quantitative estimate of drug-likeness (QED) is 0.317. The summed E-state index contributed by atoms with van der Waals surface area (Å²) in [5.74, 6) is -0.583. The first-order valence-electron chi connectivity index (χ1n) is 8.45. The van der Waals surface area contributed by atoms with Crippen LogP contribution in [0, 0.1) is 10.1 Å². The van der Waals surface area contributed by atoms with E-state index in [-0.39, 0.29) is 17.5 Å². The molecule has 142 valence electrons. The number of nitro groups is 1. The zero-order valence-electron chi connectivity index (χ0n) is 15.1. The lowest BCUT2D eigenvalue weighted by Gasteiger charge is -2.22. The van der Waals surface area contributed by atoms with E-state index >= 15 is 0 Å². The van der Waals surface area contributed by atoms with Gasteiger partial charge in [-0.2, -0.15) is 10.2 Å². The number of carbonyl (C=O) groups is 2. The van der Waals surface area contributed by atoms with Gasteiger partial charge in [0.1, 0.15) is 0 Å². The zero-order valence-corrected chi connectivity index (χ0v) is 15.1. The van der Waals surface area contributed by atoms with Crippen molar-refractivity contribution in [3.05, 3.63) is 70.8 Å². The van der Waals surface area contributed by atoms with Crippen molar-refractivity contribution in [3.8, 4) is 0 Å². The van der Waals surface area contributed by atoms with E-state index in [1.54, 1.807) is 12.1 Å². The smallest absolute Gasteiger partial charge is 0.269 e. The van der Waals surface area contributed by atoms with E-state index in [4.69, 9.17) is 0 Å². The molecule has 0 unspecified atom stereocenters. The van der Waals surface area contributed by atoms with Crippen LogP contribution in [-0.4, -0.2) is 41.8 Å². The number of hydrogen-bond acceptors (Lipinski definition) is 7. The molecular formula is C19H17N5O4. The van der Waals surface area contributed by atoms with E-state index in [0.717, 1.165) is 5.69 Å². The molecule has 9 nitrogen and oxygen atoms in total. The molecule has 9 heteroatoms. The van der Waals surface area contributed by atoms with Crippen molar-refractivity contribution in [2.75, 3.05) is 25.0 Å². The van der Waals surface area contributed by atoms with Gasteiger partial charge in [0, 0.05) is 50.1 Å². The van der Waals surface area contributed by atoms with Gasteiger partial charge in [-0.1, -0.05) is 0 Å². The average Bonchev–Trinajstić information content (AvgIpc) is 3.02. The number of carbonyl (C=O) groups excluding carboxylic acids is 2. The second-order valence-electron chi connectivity index (χ2n) is 6.07. The van der Waals surface area contributed by atoms with E-state index in [1.807, 2.05) is 24.1 Å². The lowest BCUT2D eigenvalue weighted by Crippen LogP contribution is -2.37. The number of likely N-dealkylation sites (N-methyl/N-ethyl adjacent to an activating group) is 1. The van der Waals surface area contributed by atoms with Gasteiger partial charge in [0.15, 0.2) is 0 Å². The lowest BCUT2D eigenvalue weighted by molar-refractivity contribution is -0.384. The van der Waals surface area contributed by atoms with Gasteiger partial charge in [-0.05, 0) is 36.4 Å². The monoisotopic (exact) mass is 379 g/mol. The van der Waals surface area contributed by atoms with Crippen LogP contribution in [0.3, 0.4) is 0 Å². The van der Waals surface area contributed by atoms with Crippen molar-refractivity contribution < 1.29 is 14.5 Å². The Balaban J connectivity index is 1.57. The van der Waals surface area contributed by atoms with E-state index in [9.17, 15) is 19.7 Å². The molecular weight excluding hydrogens is 362 g/mol. The summed E-state index contributed by atoms with van der Waals surface area (Å²) < 4.78 is 0. The molecule has 0 atom stereocenters. The molecule has 0 saturated heterocycles. The highest BCUT2D eigenvalue weighted by atomic mass is 16.6. The predicted molar refractivity (Wildman–Crippen MR) is 103 cm³/mol. The summed E-state index contributed by atoms with van der Waals surface area (Å²) in [6.07, 6.45) is 2.54. The fourth-order valence-electron chi connectivity index (χ4n) is 2.56. The number of hydrogen-bond donors (Lipinski definition) is 0. The van der Waals surface area contributed by atoms with Gasteiger partial charge in [0.25, 0.3) is 17.5 Å². The average molecular weight is 379 g/mol. The largest absolute Gasteiger partial charge is 0.373 e. The Labute approximate surface area is 160 Å². The number of imide groups is 1. The Morgan fingerprint density at radius 2 is 1.43 bits per heavy atom. The summed E-state index contributed by atoms with van der Waals surface area (Å²) >= 11 is 0. The summed E-state index contributed by atoms with van der Waals surface area (Å²) in [4.78, 5) is 36.4. The van der Waals surface area contributed by atoms with Crippen molar-refractivity contribution in [2.24, 2.45) is 10.2 Å². The Morgan fingerprint density at radius 1 is 0.929 bits per heavy atom. The first-order valence-corrected chi connectivity index (χ1v) is 8.45. The van der Waals surface area contributed by atoms with Crippen LogP contribution in [0.2, 0.25) is 0 Å². The minimum absolute atomic E-state index is 0.000508. The van der Waals surface area contributed by atoms with Crippen molar-refractivity contribution in [1.29, 1.82) is 0 Å². The van der Waals surface area contributed by atoms with Crippen LogP contribution in [0.25, 0.3) is 0 Å². The van der Waals surface area contributed by atoms with E-state index in [1.165, 1.54) is 41.3 Å². The van der Waals surface area contributed by atoms with Crippen LogP contribution in [0.1, 0.15) is 0 Å². The third-order valence-electron chi connectivity index (χ3n) is 4.19. The third kappa shape index (κ3) is 4.44. The Morgan fingerprint density at radius 3 is 1.93 bits per heavy atom. The maximum Gasteiger partial charge on any atom is 0.269 e. The maximum absolute atomic E-state index is 11.6. The van der Waals surface area contributed by atoms with Crippen LogP contribution < -0.4 is 4.90 Å². The molecule has 0 saturated carbocycles. The van der Waals surface area contributed by atoms with Crippen LogP contribution in [0.5, 0.6) is 0 Å². The molecule has 3 rings (SSSR count). The first kappa shape index (κ1) is 18.9. The molecule has 0 aromatic heterocycles. The number of nitro benzene ring substituents is 1. The van der Waals surface area contributed by atoms with Crippen LogP contribution in [0.4, 0.5) is 22.7 Å². The van der Waals surface area contributed by atoms with Crippen molar-refractivity contribution in [2.45, 2.75) is 0 Å². The second-order valence-corrected chi connectivity index (χ2v) is 6.07. The molecule has 1 aliphatic heterocycles. The van der Waals surface area contributed by atoms with E-state index < -0.39 is 4.92 Å². The number of amides is 2. The molecule has 1 heterocycles. The molecule has 2 aromatic rings. The van der Waals surface area contributed by atoms with Crippen molar-refractivity contribution in [3.63, 3.8) is 0 Å². The topological polar surface area (TPSA) is 108 Å². The molecule has 0 bridgehead atoms. The number of rotatable bonds is 7. The number of nitrogens with zero attached hydrogens (tertiary/aromatic N) is 5. The van der Waals surface area contributed by atoms with Gasteiger partial charge in [-0.25, -0.2) is 0 Å². The molecule has 2 aromatic carbocycles.